The number of benzene rings is 1. The van der Waals surface area contributed by atoms with Crippen LogP contribution >= 0.6 is 23.2 Å². The van der Waals surface area contributed by atoms with Crippen LogP contribution in [0.3, 0.4) is 0 Å². The molecule has 0 bridgehead atoms. The van der Waals surface area contributed by atoms with Crippen molar-refractivity contribution in [1.29, 1.82) is 0 Å². The van der Waals surface area contributed by atoms with Crippen molar-refractivity contribution in [2.24, 2.45) is 5.10 Å². The predicted molar refractivity (Wildman–Crippen MR) is 97.9 cm³/mol. The summed E-state index contributed by atoms with van der Waals surface area (Å²) in [4.78, 5) is 23.9. The van der Waals surface area contributed by atoms with Crippen LogP contribution in [0.2, 0.25) is 10.0 Å². The number of allylic oxidation sites excluding steroid dienone is 2. The number of hydrogen-bond donors (Lipinski definition) is 1. The van der Waals surface area contributed by atoms with Crippen LogP contribution in [0, 0.1) is 0 Å². The van der Waals surface area contributed by atoms with Gasteiger partial charge in [0.2, 0.25) is 0 Å². The molecule has 1 N–H and O–H groups in total. The van der Waals surface area contributed by atoms with Gasteiger partial charge in [0, 0.05) is 5.57 Å². The van der Waals surface area contributed by atoms with Crippen molar-refractivity contribution in [2.75, 3.05) is 6.54 Å². The van der Waals surface area contributed by atoms with E-state index in [-0.39, 0.29) is 11.5 Å². The first-order chi connectivity index (χ1) is 11.9. The van der Waals surface area contributed by atoms with E-state index in [4.69, 9.17) is 23.2 Å². The SMILES string of the molecule is CC1=CC(=O)C(N2CC=C(c3ccc(Cl)c(Cl)c3)C(C(=O)O)=N2)C=C1. The number of nitrogens with zero attached hydrogens (tertiary/aromatic N) is 2. The van der Waals surface area contributed by atoms with Crippen LogP contribution in [0.1, 0.15) is 12.5 Å². The van der Waals surface area contributed by atoms with Gasteiger partial charge in [-0.25, -0.2) is 4.79 Å². The predicted octanol–water partition coefficient (Wildman–Crippen LogP) is 3.59. The van der Waals surface area contributed by atoms with Crippen LogP contribution in [0.15, 0.2) is 53.2 Å². The summed E-state index contributed by atoms with van der Waals surface area (Å²) in [5.74, 6) is -1.30. The largest absolute Gasteiger partial charge is 0.476 e. The van der Waals surface area contributed by atoms with Crippen molar-refractivity contribution in [3.63, 3.8) is 0 Å². The van der Waals surface area contributed by atoms with E-state index in [0.29, 0.717) is 27.7 Å². The maximum Gasteiger partial charge on any atom is 0.356 e. The zero-order chi connectivity index (χ0) is 18.1. The third-order valence-electron chi connectivity index (χ3n) is 3.92. The van der Waals surface area contributed by atoms with Crippen LogP contribution < -0.4 is 0 Å². The van der Waals surface area contributed by atoms with Crippen LogP contribution in [-0.4, -0.2) is 40.2 Å². The number of ketones is 1. The van der Waals surface area contributed by atoms with Gasteiger partial charge in [-0.15, -0.1) is 0 Å². The molecule has 2 aliphatic rings. The second kappa shape index (κ2) is 6.86. The van der Waals surface area contributed by atoms with Crippen LogP contribution in [0.25, 0.3) is 5.57 Å². The first-order valence-corrected chi connectivity index (χ1v) is 8.27. The molecule has 0 amide bonds. The summed E-state index contributed by atoms with van der Waals surface area (Å²) in [5, 5.41) is 15.9. The standard InChI is InChI=1S/C18H14Cl2N2O3/c1-10-2-5-15(16(23)8-10)22-7-6-12(17(21-22)18(24)25)11-3-4-13(19)14(20)9-11/h2-6,8-9,15H,7H2,1H3,(H,24,25). The number of halogens is 2. The lowest BCUT2D eigenvalue weighted by Gasteiger charge is -2.29. The minimum absolute atomic E-state index is 0.125. The summed E-state index contributed by atoms with van der Waals surface area (Å²) >= 11 is 11.9. The molecule has 1 aliphatic carbocycles. The summed E-state index contributed by atoms with van der Waals surface area (Å²) in [5.41, 5.74) is 1.77. The van der Waals surface area contributed by atoms with E-state index < -0.39 is 12.0 Å². The van der Waals surface area contributed by atoms with E-state index in [1.165, 1.54) is 11.1 Å². The lowest BCUT2D eigenvalue weighted by molar-refractivity contribution is -0.129. The minimum Gasteiger partial charge on any atom is -0.476 e. The molecule has 0 fully saturated rings. The van der Waals surface area contributed by atoms with E-state index >= 15 is 0 Å². The second-order valence-corrected chi connectivity index (χ2v) is 6.53. The maximum absolute atomic E-state index is 12.2. The van der Waals surface area contributed by atoms with Crippen molar-refractivity contribution < 1.29 is 14.7 Å². The van der Waals surface area contributed by atoms with E-state index in [0.717, 1.165) is 5.57 Å². The highest BCUT2D eigenvalue weighted by molar-refractivity contribution is 6.54. The zero-order valence-electron chi connectivity index (χ0n) is 13.2. The fraction of sp³-hybridized carbons (Fsp3) is 0.167. The van der Waals surface area contributed by atoms with Gasteiger partial charge in [-0.05, 0) is 36.3 Å². The average Bonchev–Trinajstić information content (AvgIpc) is 2.57. The smallest absolute Gasteiger partial charge is 0.356 e. The number of hydrogen-bond acceptors (Lipinski definition) is 4. The van der Waals surface area contributed by atoms with E-state index in [1.54, 1.807) is 30.4 Å². The molecule has 1 aromatic rings. The van der Waals surface area contributed by atoms with Gasteiger partial charge in [0.1, 0.15) is 6.04 Å². The molecule has 1 heterocycles. The molecule has 25 heavy (non-hydrogen) atoms. The van der Waals surface area contributed by atoms with Gasteiger partial charge in [-0.2, -0.15) is 5.10 Å². The molecule has 0 saturated carbocycles. The number of carboxylic acids is 1. The minimum atomic E-state index is -1.18. The van der Waals surface area contributed by atoms with Gasteiger partial charge in [0.05, 0.1) is 16.6 Å². The van der Waals surface area contributed by atoms with E-state index in [2.05, 4.69) is 5.10 Å². The molecule has 1 unspecified atom stereocenters. The van der Waals surface area contributed by atoms with Gasteiger partial charge in [-0.3, -0.25) is 9.80 Å². The lowest BCUT2D eigenvalue weighted by Crippen LogP contribution is -2.40. The van der Waals surface area contributed by atoms with Crippen LogP contribution in [-0.2, 0) is 9.59 Å². The molecule has 1 aliphatic heterocycles. The maximum atomic E-state index is 12.2. The molecule has 128 valence electrons. The molecule has 0 radical (unpaired) electrons. The Bertz CT molecular complexity index is 884. The van der Waals surface area contributed by atoms with Crippen LogP contribution in [0.4, 0.5) is 0 Å². The van der Waals surface area contributed by atoms with Gasteiger partial charge < -0.3 is 5.11 Å². The molecule has 1 atom stereocenters. The third-order valence-corrected chi connectivity index (χ3v) is 4.66. The summed E-state index contributed by atoms with van der Waals surface area (Å²) in [7, 11) is 0. The van der Waals surface area contributed by atoms with Crippen molar-refractivity contribution in [2.45, 2.75) is 13.0 Å². The van der Waals surface area contributed by atoms with Gasteiger partial charge >= 0.3 is 5.97 Å². The molecule has 0 aromatic heterocycles. The first-order valence-electron chi connectivity index (χ1n) is 7.51. The molecular formula is C18H14Cl2N2O3. The lowest BCUT2D eigenvalue weighted by atomic mass is 9.98. The molecule has 5 nitrogen and oxygen atoms in total. The number of hydrazone groups is 1. The van der Waals surface area contributed by atoms with E-state index in [9.17, 15) is 14.7 Å². The normalized spacial score (nSPS) is 20.1. The number of carboxylic acid groups (broad SMARTS) is 1. The summed E-state index contributed by atoms with van der Waals surface area (Å²) in [6, 6.07) is 4.28. The quantitative estimate of drug-likeness (QED) is 0.874. The summed E-state index contributed by atoms with van der Waals surface area (Å²) in [6.45, 7) is 2.13. The van der Waals surface area contributed by atoms with Crippen molar-refractivity contribution >= 4 is 46.2 Å². The molecule has 0 saturated heterocycles. The third kappa shape index (κ3) is 3.52. The molecule has 3 rings (SSSR count). The Labute approximate surface area is 154 Å². The second-order valence-electron chi connectivity index (χ2n) is 5.72. The zero-order valence-corrected chi connectivity index (χ0v) is 14.8. The monoisotopic (exact) mass is 376 g/mol. The molecule has 1 aromatic carbocycles. The fourth-order valence-corrected chi connectivity index (χ4v) is 3.00. The first kappa shape index (κ1) is 17.5. The Morgan fingerprint density at radius 3 is 2.72 bits per heavy atom. The van der Waals surface area contributed by atoms with Crippen molar-refractivity contribution in [3.05, 3.63) is 63.7 Å². The highest BCUT2D eigenvalue weighted by atomic mass is 35.5. The fourth-order valence-electron chi connectivity index (χ4n) is 2.70. The van der Waals surface area contributed by atoms with Crippen molar-refractivity contribution in [3.8, 4) is 0 Å². The molecule has 0 spiro atoms. The number of aliphatic carboxylic acids is 1. The Morgan fingerprint density at radius 2 is 2.08 bits per heavy atom. The van der Waals surface area contributed by atoms with Gasteiger partial charge in [0.15, 0.2) is 11.5 Å². The Balaban J connectivity index is 1.94. The van der Waals surface area contributed by atoms with Gasteiger partial charge in [-0.1, -0.05) is 47.5 Å². The number of carbonyl (C=O) groups excluding carboxylic acids is 1. The highest BCUT2D eigenvalue weighted by Crippen LogP contribution is 2.29. The average molecular weight is 377 g/mol. The summed E-state index contributed by atoms with van der Waals surface area (Å²) < 4.78 is 0. The van der Waals surface area contributed by atoms with Crippen molar-refractivity contribution in [1.82, 2.24) is 5.01 Å². The Kier molecular flexibility index (Phi) is 4.79. The van der Waals surface area contributed by atoms with Gasteiger partial charge in [0.25, 0.3) is 0 Å². The molecular weight excluding hydrogens is 363 g/mol. The van der Waals surface area contributed by atoms with E-state index in [1.807, 2.05) is 13.0 Å². The number of carbonyl (C=O) groups is 2. The van der Waals surface area contributed by atoms with Crippen LogP contribution in [0.5, 0.6) is 0 Å². The number of rotatable bonds is 3. The topological polar surface area (TPSA) is 70.0 Å². The Morgan fingerprint density at radius 1 is 1.32 bits per heavy atom. The Hall–Kier alpha value is -2.37. The highest BCUT2D eigenvalue weighted by Gasteiger charge is 2.29. The molecule has 7 heteroatoms. The summed E-state index contributed by atoms with van der Waals surface area (Å²) in [6.07, 6.45) is 6.79.